The summed E-state index contributed by atoms with van der Waals surface area (Å²) in [4.78, 5) is 15.0. The van der Waals surface area contributed by atoms with Crippen LogP contribution in [0.25, 0.3) is 100 Å². The smallest absolute Gasteiger partial charge is 0.164 e. The largest absolute Gasteiger partial charge is 0.456 e. The molecule has 0 spiro atoms. The first-order valence-electron chi connectivity index (χ1n) is 16.6. The number of benzene rings is 7. The maximum absolute atomic E-state index is 6.71. The monoisotopic (exact) mass is 641 g/mol. The van der Waals surface area contributed by atoms with Crippen LogP contribution in [0.4, 0.5) is 0 Å². The third-order valence-electron chi connectivity index (χ3n) is 9.33. The number of furan rings is 2. The second-order valence-electron chi connectivity index (χ2n) is 12.4. The van der Waals surface area contributed by atoms with Gasteiger partial charge in [0, 0.05) is 43.8 Å². The summed E-state index contributed by atoms with van der Waals surface area (Å²) in [5.74, 6) is 1.73. The van der Waals surface area contributed by atoms with E-state index in [4.69, 9.17) is 23.8 Å². The molecule has 10 rings (SSSR count). The van der Waals surface area contributed by atoms with Crippen LogP contribution in [-0.2, 0) is 0 Å². The molecule has 0 radical (unpaired) electrons. The van der Waals surface area contributed by atoms with Crippen molar-refractivity contribution in [2.75, 3.05) is 0 Å². The lowest BCUT2D eigenvalue weighted by Gasteiger charge is -2.08. The van der Waals surface area contributed by atoms with Crippen molar-refractivity contribution in [2.45, 2.75) is 0 Å². The predicted molar refractivity (Wildman–Crippen MR) is 202 cm³/mol. The van der Waals surface area contributed by atoms with Crippen molar-refractivity contribution in [2.24, 2.45) is 0 Å². The maximum atomic E-state index is 6.71. The highest BCUT2D eigenvalue weighted by Gasteiger charge is 2.18. The highest BCUT2D eigenvalue weighted by atomic mass is 16.3. The van der Waals surface area contributed by atoms with Gasteiger partial charge in [0.2, 0.25) is 0 Å². The fourth-order valence-corrected chi connectivity index (χ4v) is 6.86. The van der Waals surface area contributed by atoms with E-state index < -0.39 is 0 Å². The molecule has 0 fully saturated rings. The Bertz CT molecular complexity index is 2860. The van der Waals surface area contributed by atoms with Gasteiger partial charge in [0.25, 0.3) is 0 Å². The van der Waals surface area contributed by atoms with Crippen molar-refractivity contribution in [3.8, 4) is 56.4 Å². The average Bonchev–Trinajstić information content (AvgIpc) is 3.76. The number of hydrogen-bond donors (Lipinski definition) is 0. The molecule has 5 heteroatoms. The maximum Gasteiger partial charge on any atom is 0.164 e. The van der Waals surface area contributed by atoms with Crippen LogP contribution in [0.2, 0.25) is 0 Å². The number of hydrogen-bond acceptors (Lipinski definition) is 5. The highest BCUT2D eigenvalue weighted by molar-refractivity contribution is 6.12. The van der Waals surface area contributed by atoms with Crippen LogP contribution >= 0.6 is 0 Å². The van der Waals surface area contributed by atoms with Crippen molar-refractivity contribution in [1.82, 2.24) is 15.0 Å². The molecular formula is C45H27N3O2. The molecule has 0 aliphatic heterocycles. The Balaban J connectivity index is 1.15. The number of aromatic nitrogens is 3. The summed E-state index contributed by atoms with van der Waals surface area (Å²) in [7, 11) is 0. The number of para-hydroxylation sites is 1. The third kappa shape index (κ3) is 4.75. The zero-order chi connectivity index (χ0) is 33.0. The Hall–Kier alpha value is -6.85. The lowest BCUT2D eigenvalue weighted by molar-refractivity contribution is 0.669. The van der Waals surface area contributed by atoms with Crippen molar-refractivity contribution >= 4 is 43.9 Å². The normalized spacial score (nSPS) is 11.6. The van der Waals surface area contributed by atoms with Gasteiger partial charge in [-0.3, -0.25) is 0 Å². The second kappa shape index (κ2) is 11.4. The van der Waals surface area contributed by atoms with E-state index in [1.54, 1.807) is 0 Å². The van der Waals surface area contributed by atoms with Gasteiger partial charge in [-0.25, -0.2) is 15.0 Å². The standard InChI is InChI=1S/C45H27N3O2/c1-4-12-28(13-5-1)33-24-37(29-14-6-2-7-15-29)42-38(25-33)36-23-21-32(27-41(36)50-42)45-47-43(30-16-8-3-9-17-30)46-44(48-45)31-20-22-35-34-18-10-11-19-39(34)49-40(35)26-31/h1-27H. The summed E-state index contributed by atoms with van der Waals surface area (Å²) >= 11 is 0. The highest BCUT2D eigenvalue weighted by Crippen LogP contribution is 2.41. The summed E-state index contributed by atoms with van der Waals surface area (Å²) < 4.78 is 12.9. The quantitative estimate of drug-likeness (QED) is 0.187. The van der Waals surface area contributed by atoms with Crippen LogP contribution in [0.5, 0.6) is 0 Å². The molecular weight excluding hydrogens is 615 g/mol. The molecule has 10 aromatic rings. The Morgan fingerprint density at radius 2 is 0.800 bits per heavy atom. The molecule has 0 bridgehead atoms. The summed E-state index contributed by atoms with van der Waals surface area (Å²) in [5.41, 5.74) is 10.3. The van der Waals surface area contributed by atoms with E-state index in [1.165, 1.54) is 0 Å². The zero-order valence-corrected chi connectivity index (χ0v) is 26.7. The van der Waals surface area contributed by atoms with E-state index in [2.05, 4.69) is 91.0 Å². The molecule has 3 heterocycles. The Labute approximate surface area is 287 Å². The first kappa shape index (κ1) is 28.2. The lowest BCUT2D eigenvalue weighted by atomic mass is 9.95. The molecule has 0 unspecified atom stereocenters. The summed E-state index contributed by atoms with van der Waals surface area (Å²) in [6, 6.07) is 55.8. The minimum absolute atomic E-state index is 0.564. The minimum atomic E-state index is 0.564. The van der Waals surface area contributed by atoms with E-state index >= 15 is 0 Å². The van der Waals surface area contributed by atoms with E-state index in [0.29, 0.717) is 17.5 Å². The van der Waals surface area contributed by atoms with Gasteiger partial charge in [0.1, 0.15) is 22.3 Å². The van der Waals surface area contributed by atoms with E-state index in [0.717, 1.165) is 82.8 Å². The van der Waals surface area contributed by atoms with Gasteiger partial charge >= 0.3 is 0 Å². The molecule has 0 amide bonds. The van der Waals surface area contributed by atoms with Gasteiger partial charge < -0.3 is 8.83 Å². The van der Waals surface area contributed by atoms with Gasteiger partial charge in [0.15, 0.2) is 17.5 Å². The first-order chi connectivity index (χ1) is 24.7. The fraction of sp³-hybridized carbons (Fsp3) is 0. The second-order valence-corrected chi connectivity index (χ2v) is 12.4. The molecule has 0 atom stereocenters. The van der Waals surface area contributed by atoms with Crippen LogP contribution in [0.15, 0.2) is 173 Å². The lowest BCUT2D eigenvalue weighted by Crippen LogP contribution is -2.00. The van der Waals surface area contributed by atoms with Gasteiger partial charge in [-0.15, -0.1) is 0 Å². The van der Waals surface area contributed by atoms with E-state index in [-0.39, 0.29) is 0 Å². The molecule has 7 aromatic carbocycles. The first-order valence-corrected chi connectivity index (χ1v) is 16.6. The molecule has 0 N–H and O–H groups in total. The minimum Gasteiger partial charge on any atom is -0.456 e. The van der Waals surface area contributed by atoms with Gasteiger partial charge in [0.05, 0.1) is 0 Å². The van der Waals surface area contributed by atoms with Gasteiger partial charge in [-0.05, 0) is 59.2 Å². The third-order valence-corrected chi connectivity index (χ3v) is 9.33. The molecule has 234 valence electrons. The van der Waals surface area contributed by atoms with Crippen LogP contribution in [0.1, 0.15) is 0 Å². The summed E-state index contributed by atoms with van der Waals surface area (Å²) in [5, 5.41) is 4.24. The van der Waals surface area contributed by atoms with Gasteiger partial charge in [-0.1, -0.05) is 121 Å². The fourth-order valence-electron chi connectivity index (χ4n) is 6.86. The number of nitrogens with zero attached hydrogens (tertiary/aromatic N) is 3. The van der Waals surface area contributed by atoms with E-state index in [9.17, 15) is 0 Å². The molecule has 0 aliphatic rings. The Morgan fingerprint density at radius 3 is 1.46 bits per heavy atom. The molecule has 3 aromatic heterocycles. The molecule has 50 heavy (non-hydrogen) atoms. The zero-order valence-electron chi connectivity index (χ0n) is 26.7. The van der Waals surface area contributed by atoms with Crippen LogP contribution in [-0.4, -0.2) is 15.0 Å². The van der Waals surface area contributed by atoms with Gasteiger partial charge in [-0.2, -0.15) is 0 Å². The topological polar surface area (TPSA) is 65.0 Å². The van der Waals surface area contributed by atoms with Crippen molar-refractivity contribution in [1.29, 1.82) is 0 Å². The van der Waals surface area contributed by atoms with Crippen LogP contribution < -0.4 is 0 Å². The van der Waals surface area contributed by atoms with Crippen LogP contribution in [0.3, 0.4) is 0 Å². The molecule has 0 saturated carbocycles. The van der Waals surface area contributed by atoms with Crippen molar-refractivity contribution < 1.29 is 8.83 Å². The van der Waals surface area contributed by atoms with Crippen LogP contribution in [0, 0.1) is 0 Å². The molecule has 0 aliphatic carbocycles. The van der Waals surface area contributed by atoms with Crippen molar-refractivity contribution in [3.05, 3.63) is 164 Å². The SMILES string of the molecule is c1ccc(-c2cc(-c3ccccc3)c3oc4cc(-c5nc(-c6ccccc6)nc(-c6ccc7c(c6)oc6ccccc67)n5)ccc4c3c2)cc1. The summed E-state index contributed by atoms with van der Waals surface area (Å²) in [6.07, 6.45) is 0. The Morgan fingerprint density at radius 1 is 0.300 bits per heavy atom. The predicted octanol–water partition coefficient (Wildman–Crippen LogP) is 12.0. The van der Waals surface area contributed by atoms with Crippen molar-refractivity contribution in [3.63, 3.8) is 0 Å². The summed E-state index contributed by atoms with van der Waals surface area (Å²) in [6.45, 7) is 0. The number of rotatable bonds is 5. The van der Waals surface area contributed by atoms with E-state index in [1.807, 2.05) is 72.8 Å². The average molecular weight is 642 g/mol. The molecule has 5 nitrogen and oxygen atoms in total. The number of fused-ring (bicyclic) bond motifs is 6. The Kier molecular flexibility index (Phi) is 6.42. The molecule has 0 saturated heterocycles.